The zero-order chi connectivity index (χ0) is 28.4. The molecule has 0 aliphatic rings. The molecule has 6 aromatic rings. The molecule has 6 rings (SSSR count). The number of benzene rings is 4. The second-order valence-corrected chi connectivity index (χ2v) is 10.3. The molecular weight excluding hydrogens is 504 g/mol. The minimum atomic E-state index is -0.720. The maximum absolute atomic E-state index is 9.97. The second-order valence-electron chi connectivity index (χ2n) is 10.3. The van der Waals surface area contributed by atoms with Crippen molar-refractivity contribution in [2.75, 3.05) is 0 Å². The average molecular weight is 531 g/mol. The largest absolute Gasteiger partial charge is 0.240 e. The summed E-state index contributed by atoms with van der Waals surface area (Å²) in [6, 6.07) is 37.5. The Morgan fingerprint density at radius 3 is 1.63 bits per heavy atom. The Kier molecular flexibility index (Phi) is 6.51. The van der Waals surface area contributed by atoms with Gasteiger partial charge in [-0.1, -0.05) is 78.9 Å². The lowest BCUT2D eigenvalue weighted by Crippen LogP contribution is -2.23. The lowest BCUT2D eigenvalue weighted by molar-refractivity contribution is 0.579. The highest BCUT2D eigenvalue weighted by molar-refractivity contribution is 5.82. The van der Waals surface area contributed by atoms with E-state index in [0.717, 1.165) is 45.0 Å². The van der Waals surface area contributed by atoms with Crippen LogP contribution in [0.2, 0.25) is 0 Å². The van der Waals surface area contributed by atoms with Gasteiger partial charge < -0.3 is 0 Å². The van der Waals surface area contributed by atoms with Crippen LogP contribution < -0.4 is 0 Å². The van der Waals surface area contributed by atoms with Crippen molar-refractivity contribution in [3.63, 3.8) is 0 Å². The molecule has 0 unspecified atom stereocenters. The molecule has 6 heteroatoms. The van der Waals surface area contributed by atoms with Crippen molar-refractivity contribution < 1.29 is 0 Å². The van der Waals surface area contributed by atoms with E-state index in [1.165, 1.54) is 0 Å². The summed E-state index contributed by atoms with van der Waals surface area (Å²) in [6.07, 6.45) is 3.98. The van der Waals surface area contributed by atoms with E-state index >= 15 is 0 Å². The Balaban J connectivity index is 1.63. The van der Waals surface area contributed by atoms with Crippen LogP contribution in [0.3, 0.4) is 0 Å². The van der Waals surface area contributed by atoms with Crippen molar-refractivity contribution in [1.82, 2.24) is 19.6 Å². The fraction of sp³-hybridized carbons (Fsp3) is 0.0857. The maximum atomic E-state index is 9.97. The first-order chi connectivity index (χ1) is 20.0. The first-order valence-corrected chi connectivity index (χ1v) is 13.3. The highest BCUT2D eigenvalue weighted by Crippen LogP contribution is 2.43. The first kappa shape index (κ1) is 25.6. The Bertz CT molecular complexity index is 1790. The van der Waals surface area contributed by atoms with Gasteiger partial charge in [-0.15, -0.1) is 0 Å². The SMILES string of the molecule is [C-]#[N+]c1ccccc1-c1cn(-c2ccccc2)nc1C(C)(C)c1nn(-c2ccccc2)cc1-c1ccccc1C#N. The number of rotatable bonds is 6. The highest BCUT2D eigenvalue weighted by Gasteiger charge is 2.36. The van der Waals surface area contributed by atoms with Crippen LogP contribution >= 0.6 is 0 Å². The topological polar surface area (TPSA) is 63.8 Å². The number of para-hydroxylation sites is 3. The zero-order valence-electron chi connectivity index (χ0n) is 22.7. The van der Waals surface area contributed by atoms with Crippen LogP contribution in [0.5, 0.6) is 0 Å². The molecule has 0 atom stereocenters. The fourth-order valence-electron chi connectivity index (χ4n) is 5.22. The molecule has 0 fully saturated rings. The maximum Gasteiger partial charge on any atom is 0.195 e. The number of hydrogen-bond donors (Lipinski definition) is 0. The summed E-state index contributed by atoms with van der Waals surface area (Å²) in [7, 11) is 0. The molecule has 2 aromatic heterocycles. The number of nitrogens with zero attached hydrogens (tertiary/aromatic N) is 6. The number of hydrogen-bond acceptors (Lipinski definition) is 3. The smallest absolute Gasteiger partial charge is 0.195 e. The molecule has 0 saturated carbocycles. The van der Waals surface area contributed by atoms with Gasteiger partial charge in [0.1, 0.15) is 0 Å². The van der Waals surface area contributed by atoms with Crippen molar-refractivity contribution in [3.05, 3.63) is 150 Å². The molecule has 2 heterocycles. The number of aromatic nitrogens is 4. The van der Waals surface area contributed by atoms with Crippen LogP contribution in [0.4, 0.5) is 5.69 Å². The summed E-state index contributed by atoms with van der Waals surface area (Å²) < 4.78 is 3.73. The van der Waals surface area contributed by atoms with Crippen molar-refractivity contribution in [2.24, 2.45) is 0 Å². The molecule has 0 saturated heterocycles. The molecule has 0 bridgehead atoms. The van der Waals surface area contributed by atoms with E-state index in [2.05, 4.69) is 24.8 Å². The van der Waals surface area contributed by atoms with Gasteiger partial charge in [-0.3, -0.25) is 0 Å². The average Bonchev–Trinajstić information content (AvgIpc) is 3.69. The van der Waals surface area contributed by atoms with Gasteiger partial charge in [-0.25, -0.2) is 14.2 Å². The standard InChI is InChI=1S/C35H26N6/c1-35(2,33-30(28-19-11-10-14-25(28)22-36)23-40(38-33)26-15-6-4-7-16-26)34-31(29-20-12-13-21-32(29)37-3)24-41(39-34)27-17-8-5-9-18-27/h4-21,23-24H,1-2H3. The van der Waals surface area contributed by atoms with E-state index in [-0.39, 0.29) is 0 Å². The van der Waals surface area contributed by atoms with E-state index in [1.54, 1.807) is 0 Å². The molecule has 0 spiro atoms. The lowest BCUT2D eigenvalue weighted by atomic mass is 9.79. The summed E-state index contributed by atoms with van der Waals surface area (Å²) in [5.74, 6) is 0. The normalized spacial score (nSPS) is 11.1. The highest BCUT2D eigenvalue weighted by atomic mass is 15.3. The molecule has 41 heavy (non-hydrogen) atoms. The monoisotopic (exact) mass is 530 g/mol. The molecule has 196 valence electrons. The van der Waals surface area contributed by atoms with Gasteiger partial charge in [0.2, 0.25) is 0 Å². The van der Waals surface area contributed by atoms with Crippen LogP contribution in [0, 0.1) is 17.9 Å². The first-order valence-electron chi connectivity index (χ1n) is 13.3. The van der Waals surface area contributed by atoms with Crippen LogP contribution in [0.15, 0.2) is 122 Å². The predicted octanol–water partition coefficient (Wildman–Crippen LogP) is 8.14. The molecule has 0 N–H and O–H groups in total. The Morgan fingerprint density at radius 1 is 0.634 bits per heavy atom. The van der Waals surface area contributed by atoms with Crippen LogP contribution in [-0.4, -0.2) is 19.6 Å². The third-order valence-corrected chi connectivity index (χ3v) is 7.31. The van der Waals surface area contributed by atoms with E-state index in [4.69, 9.17) is 16.8 Å². The molecule has 0 amide bonds. The van der Waals surface area contributed by atoms with Crippen molar-refractivity contribution in [2.45, 2.75) is 19.3 Å². The van der Waals surface area contributed by atoms with E-state index < -0.39 is 5.41 Å². The van der Waals surface area contributed by atoms with Crippen molar-refractivity contribution >= 4 is 5.69 Å². The molecule has 0 radical (unpaired) electrons. The van der Waals surface area contributed by atoms with E-state index in [1.807, 2.05) is 131 Å². The van der Waals surface area contributed by atoms with Gasteiger partial charge in [0.15, 0.2) is 5.69 Å². The zero-order valence-corrected chi connectivity index (χ0v) is 22.7. The van der Waals surface area contributed by atoms with Crippen LogP contribution in [-0.2, 0) is 5.41 Å². The molecule has 6 nitrogen and oxygen atoms in total. The minimum absolute atomic E-state index is 0.557. The summed E-state index contributed by atoms with van der Waals surface area (Å²) in [6.45, 7) is 12.0. The third-order valence-electron chi connectivity index (χ3n) is 7.31. The van der Waals surface area contributed by atoms with Gasteiger partial charge in [-0.05, 0) is 49.7 Å². The summed E-state index contributed by atoms with van der Waals surface area (Å²) in [5, 5.41) is 20.2. The van der Waals surface area contributed by atoms with E-state index in [9.17, 15) is 5.26 Å². The van der Waals surface area contributed by atoms with Gasteiger partial charge >= 0.3 is 0 Å². The Labute approximate surface area is 239 Å². The third kappa shape index (κ3) is 4.58. The minimum Gasteiger partial charge on any atom is -0.240 e. The van der Waals surface area contributed by atoms with Crippen LogP contribution in [0.1, 0.15) is 30.8 Å². The van der Waals surface area contributed by atoms with Gasteiger partial charge in [0.25, 0.3) is 0 Å². The molecule has 0 aliphatic carbocycles. The predicted molar refractivity (Wildman–Crippen MR) is 161 cm³/mol. The Morgan fingerprint density at radius 2 is 1.10 bits per heavy atom. The van der Waals surface area contributed by atoms with Gasteiger partial charge in [0, 0.05) is 29.1 Å². The molecule has 4 aromatic carbocycles. The summed E-state index contributed by atoms with van der Waals surface area (Å²) in [5.41, 5.74) is 7.15. The van der Waals surface area contributed by atoms with Crippen LogP contribution in [0.25, 0.3) is 38.5 Å². The Hall–Kier alpha value is -5.72. The lowest BCUT2D eigenvalue weighted by Gasteiger charge is -2.24. The molecule has 0 aliphatic heterocycles. The second kappa shape index (κ2) is 10.4. The van der Waals surface area contributed by atoms with Crippen molar-refractivity contribution in [1.29, 1.82) is 5.26 Å². The summed E-state index contributed by atoms with van der Waals surface area (Å²) in [4.78, 5) is 3.81. The van der Waals surface area contributed by atoms with Gasteiger partial charge in [0.05, 0.1) is 46.4 Å². The summed E-state index contributed by atoms with van der Waals surface area (Å²) >= 11 is 0. The number of nitriles is 1. The fourth-order valence-corrected chi connectivity index (χ4v) is 5.22. The molecular formula is C35H26N6. The van der Waals surface area contributed by atoms with E-state index in [0.29, 0.717) is 11.3 Å². The quantitative estimate of drug-likeness (QED) is 0.204. The van der Waals surface area contributed by atoms with Gasteiger partial charge in [-0.2, -0.15) is 15.5 Å². The van der Waals surface area contributed by atoms with Crippen molar-refractivity contribution in [3.8, 4) is 39.7 Å².